The Morgan fingerprint density at radius 1 is 1.23 bits per heavy atom. The van der Waals surface area contributed by atoms with Gasteiger partial charge in [0.2, 0.25) is 11.9 Å². The number of aliphatic imine (C=N–C) groups is 1. The van der Waals surface area contributed by atoms with E-state index in [0.29, 0.717) is 38.4 Å². The molecule has 1 aliphatic heterocycles. The molecule has 4 amide bonds. The number of carbonyl (C=O) groups is 3. The standard InChI is InChI=1S/C19H27FN8O3/c1-3-24-19(31)26-15(21)10-12(17(22)29)11-27-6-8-28(9-7-27)14-5-4-13(18(30)23-2)25-16(14)20/h4-5,10H,3,6-9,11H2,1-2H3,(H2,22,29)(H,23,30)(H3,21,24,26,31)/b12-10-. The van der Waals surface area contributed by atoms with Crippen LogP contribution in [0.4, 0.5) is 14.9 Å². The lowest BCUT2D eigenvalue weighted by Gasteiger charge is -2.36. The van der Waals surface area contributed by atoms with Crippen molar-refractivity contribution in [3.8, 4) is 0 Å². The Balaban J connectivity index is 2.01. The third-order valence-electron chi connectivity index (χ3n) is 4.59. The molecule has 31 heavy (non-hydrogen) atoms. The van der Waals surface area contributed by atoms with Crippen molar-refractivity contribution in [3.63, 3.8) is 0 Å². The molecule has 1 aliphatic rings. The molecule has 6 N–H and O–H groups in total. The highest BCUT2D eigenvalue weighted by Gasteiger charge is 2.22. The van der Waals surface area contributed by atoms with Crippen LogP contribution >= 0.6 is 0 Å². The molecule has 2 heterocycles. The number of amides is 4. The lowest BCUT2D eigenvalue weighted by molar-refractivity contribution is -0.114. The molecular formula is C19H27FN8O3. The van der Waals surface area contributed by atoms with Gasteiger partial charge in [-0.25, -0.2) is 9.78 Å². The van der Waals surface area contributed by atoms with Gasteiger partial charge in [-0.3, -0.25) is 14.5 Å². The molecule has 1 saturated heterocycles. The van der Waals surface area contributed by atoms with Crippen LogP contribution in [0.5, 0.6) is 0 Å². The van der Waals surface area contributed by atoms with Gasteiger partial charge in [0.1, 0.15) is 11.5 Å². The molecule has 0 atom stereocenters. The normalized spacial score (nSPS) is 15.5. The second-order valence-corrected chi connectivity index (χ2v) is 6.75. The van der Waals surface area contributed by atoms with Gasteiger partial charge in [-0.15, -0.1) is 0 Å². The van der Waals surface area contributed by atoms with Gasteiger partial charge in [-0.2, -0.15) is 9.38 Å². The molecule has 0 saturated carbocycles. The maximum Gasteiger partial charge on any atom is 0.342 e. The number of hydrogen-bond donors (Lipinski definition) is 4. The van der Waals surface area contributed by atoms with Gasteiger partial charge < -0.3 is 27.0 Å². The van der Waals surface area contributed by atoms with Crippen LogP contribution in [0.1, 0.15) is 17.4 Å². The molecule has 11 nitrogen and oxygen atoms in total. The predicted molar refractivity (Wildman–Crippen MR) is 114 cm³/mol. The van der Waals surface area contributed by atoms with Gasteiger partial charge in [0.25, 0.3) is 5.91 Å². The van der Waals surface area contributed by atoms with E-state index in [9.17, 15) is 18.8 Å². The molecule has 0 aliphatic carbocycles. The Kier molecular flexibility index (Phi) is 8.43. The highest BCUT2D eigenvalue weighted by molar-refractivity contribution is 6.05. The van der Waals surface area contributed by atoms with E-state index >= 15 is 0 Å². The van der Waals surface area contributed by atoms with E-state index in [4.69, 9.17) is 11.5 Å². The summed E-state index contributed by atoms with van der Waals surface area (Å²) in [5, 5.41) is 4.87. The van der Waals surface area contributed by atoms with Gasteiger partial charge in [0.15, 0.2) is 0 Å². The minimum Gasteiger partial charge on any atom is -0.384 e. The summed E-state index contributed by atoms with van der Waals surface area (Å²) >= 11 is 0. The zero-order valence-corrected chi connectivity index (χ0v) is 17.5. The number of amidine groups is 1. The molecule has 0 bridgehead atoms. The lowest BCUT2D eigenvalue weighted by Crippen LogP contribution is -2.48. The van der Waals surface area contributed by atoms with Crippen LogP contribution in [0, 0.1) is 5.95 Å². The first-order valence-corrected chi connectivity index (χ1v) is 9.73. The van der Waals surface area contributed by atoms with Crippen molar-refractivity contribution < 1.29 is 18.8 Å². The summed E-state index contributed by atoms with van der Waals surface area (Å²) in [7, 11) is 1.45. The fraction of sp³-hybridized carbons (Fsp3) is 0.421. The first-order chi connectivity index (χ1) is 14.7. The smallest absolute Gasteiger partial charge is 0.342 e. The van der Waals surface area contributed by atoms with Gasteiger partial charge in [0, 0.05) is 51.9 Å². The third kappa shape index (κ3) is 6.74. The van der Waals surface area contributed by atoms with Crippen LogP contribution in [0.2, 0.25) is 0 Å². The molecule has 12 heteroatoms. The van der Waals surface area contributed by atoms with Gasteiger partial charge >= 0.3 is 6.03 Å². The number of nitrogens with two attached hydrogens (primary N) is 2. The highest BCUT2D eigenvalue weighted by Crippen LogP contribution is 2.20. The third-order valence-corrected chi connectivity index (χ3v) is 4.59. The maximum atomic E-state index is 14.4. The zero-order chi connectivity index (χ0) is 23.0. The SMILES string of the molecule is CCNC(=O)/N=C(N)/C=C(/CN1CCN(c2ccc(C(=O)NC)nc2F)CC1)C(N)=O. The van der Waals surface area contributed by atoms with Crippen LogP contribution in [-0.2, 0) is 4.79 Å². The zero-order valence-electron chi connectivity index (χ0n) is 17.5. The molecule has 0 radical (unpaired) electrons. The number of piperazine rings is 1. The Labute approximate surface area is 179 Å². The van der Waals surface area contributed by atoms with E-state index < -0.39 is 23.8 Å². The van der Waals surface area contributed by atoms with Gasteiger partial charge in [-0.05, 0) is 25.1 Å². The number of nitrogens with zero attached hydrogens (tertiary/aromatic N) is 4. The van der Waals surface area contributed by atoms with Crippen LogP contribution in [0.15, 0.2) is 28.8 Å². The number of pyridine rings is 1. The van der Waals surface area contributed by atoms with Crippen molar-refractivity contribution in [1.82, 2.24) is 20.5 Å². The van der Waals surface area contributed by atoms with Crippen molar-refractivity contribution in [2.75, 3.05) is 51.2 Å². The van der Waals surface area contributed by atoms with Crippen LogP contribution in [0.25, 0.3) is 0 Å². The van der Waals surface area contributed by atoms with Crippen molar-refractivity contribution in [2.24, 2.45) is 16.5 Å². The molecule has 1 aromatic rings. The predicted octanol–water partition coefficient (Wildman–Crippen LogP) is -0.799. The molecule has 1 aromatic heterocycles. The molecule has 0 unspecified atom stereocenters. The van der Waals surface area contributed by atoms with Crippen molar-refractivity contribution in [3.05, 3.63) is 35.4 Å². The number of urea groups is 1. The number of nitrogens with one attached hydrogen (secondary N) is 2. The number of rotatable bonds is 7. The Morgan fingerprint density at radius 3 is 2.45 bits per heavy atom. The quantitative estimate of drug-likeness (QED) is 0.189. The second kappa shape index (κ2) is 11.0. The van der Waals surface area contributed by atoms with Gasteiger partial charge in [-0.1, -0.05) is 0 Å². The number of aromatic nitrogens is 1. The molecule has 168 valence electrons. The maximum absolute atomic E-state index is 14.4. The summed E-state index contributed by atoms with van der Waals surface area (Å²) < 4.78 is 14.4. The summed E-state index contributed by atoms with van der Waals surface area (Å²) in [6.45, 7) is 4.36. The summed E-state index contributed by atoms with van der Waals surface area (Å²) in [5.41, 5.74) is 11.7. The average Bonchev–Trinajstić information content (AvgIpc) is 2.73. The fourth-order valence-electron chi connectivity index (χ4n) is 3.02. The molecule has 0 spiro atoms. The monoisotopic (exact) mass is 434 g/mol. The van der Waals surface area contributed by atoms with E-state index in [0.717, 1.165) is 0 Å². The largest absolute Gasteiger partial charge is 0.384 e. The highest BCUT2D eigenvalue weighted by atomic mass is 19.1. The van der Waals surface area contributed by atoms with E-state index in [-0.39, 0.29) is 23.6 Å². The van der Waals surface area contributed by atoms with Crippen molar-refractivity contribution in [1.29, 1.82) is 0 Å². The van der Waals surface area contributed by atoms with Crippen LogP contribution in [0.3, 0.4) is 0 Å². The van der Waals surface area contributed by atoms with Crippen molar-refractivity contribution >= 4 is 29.4 Å². The summed E-state index contributed by atoms with van der Waals surface area (Å²) in [5.74, 6) is -1.98. The van der Waals surface area contributed by atoms with E-state index in [2.05, 4.69) is 20.6 Å². The minimum atomic E-state index is -0.721. The van der Waals surface area contributed by atoms with E-state index in [1.54, 1.807) is 6.92 Å². The topological polar surface area (TPSA) is 159 Å². The van der Waals surface area contributed by atoms with Gasteiger partial charge in [0.05, 0.1) is 5.69 Å². The second-order valence-electron chi connectivity index (χ2n) is 6.75. The number of primary amides is 1. The molecule has 2 rings (SSSR count). The van der Waals surface area contributed by atoms with E-state index in [1.165, 1.54) is 25.3 Å². The number of halogens is 1. The molecule has 0 aromatic carbocycles. The summed E-state index contributed by atoms with van der Waals surface area (Å²) in [6.07, 6.45) is 1.28. The molecule has 1 fully saturated rings. The molecular weight excluding hydrogens is 407 g/mol. The Bertz CT molecular complexity index is 894. The van der Waals surface area contributed by atoms with Crippen LogP contribution < -0.4 is 27.0 Å². The number of hydrogen-bond acceptors (Lipinski definition) is 6. The Hall–Kier alpha value is -3.54. The number of carbonyl (C=O) groups excluding carboxylic acids is 3. The fourth-order valence-corrected chi connectivity index (χ4v) is 3.02. The van der Waals surface area contributed by atoms with Crippen LogP contribution in [-0.4, -0.2) is 79.9 Å². The first kappa shape index (κ1) is 23.7. The summed E-state index contributed by atoms with van der Waals surface area (Å²) in [6, 6.07) is 2.39. The first-order valence-electron chi connectivity index (χ1n) is 9.73. The average molecular weight is 434 g/mol. The lowest BCUT2D eigenvalue weighted by atomic mass is 10.2. The minimum absolute atomic E-state index is 0.00509. The van der Waals surface area contributed by atoms with Crippen molar-refractivity contribution in [2.45, 2.75) is 6.92 Å². The van der Waals surface area contributed by atoms with E-state index in [1.807, 2.05) is 9.80 Å². The summed E-state index contributed by atoms with van der Waals surface area (Å²) in [4.78, 5) is 45.9. The number of anilines is 1. The Morgan fingerprint density at radius 2 is 1.90 bits per heavy atom.